The smallest absolute Gasteiger partial charge is 0.282 e. The maximum atomic E-state index is 12.8. The number of hydrogen-bond acceptors (Lipinski definition) is 4. The van der Waals surface area contributed by atoms with Gasteiger partial charge in [-0.05, 0) is 18.8 Å². The monoisotopic (exact) mass is 246 g/mol. The second-order valence-electron chi connectivity index (χ2n) is 4.08. The summed E-state index contributed by atoms with van der Waals surface area (Å²) in [5.74, 6) is -0.922. The number of amides is 1. The van der Waals surface area contributed by atoms with Crippen molar-refractivity contribution < 1.29 is 18.7 Å². The Kier molecular flexibility index (Phi) is 3.05. The van der Waals surface area contributed by atoms with Crippen molar-refractivity contribution in [2.24, 2.45) is 11.7 Å². The van der Waals surface area contributed by atoms with Crippen LogP contribution in [0.25, 0.3) is 0 Å². The molecule has 8 heteroatoms. The van der Waals surface area contributed by atoms with Crippen LogP contribution in [-0.2, 0) is 6.54 Å². The number of rotatable bonds is 5. The lowest BCUT2D eigenvalue weighted by atomic mass is 10.2. The average molecular weight is 246 g/mol. The largest absolute Gasteiger partial charge is 0.391 e. The molecule has 1 aliphatic carbocycles. The summed E-state index contributed by atoms with van der Waals surface area (Å²) in [4.78, 5) is 10.9. The van der Waals surface area contributed by atoms with Crippen LogP contribution in [0.3, 0.4) is 0 Å². The lowest BCUT2D eigenvalue weighted by Crippen LogP contribution is -2.22. The Hall–Kier alpha value is -1.57. The molecule has 1 amide bonds. The second-order valence-corrected chi connectivity index (χ2v) is 4.08. The minimum atomic E-state index is -2.90. The van der Waals surface area contributed by atoms with E-state index in [1.54, 1.807) is 0 Å². The number of carbonyl (C=O) groups excluding carboxylic acids is 1. The van der Waals surface area contributed by atoms with Crippen molar-refractivity contribution in [3.05, 3.63) is 11.4 Å². The fourth-order valence-electron chi connectivity index (χ4n) is 1.65. The highest BCUT2D eigenvalue weighted by atomic mass is 19.3. The van der Waals surface area contributed by atoms with E-state index in [0.717, 1.165) is 17.5 Å². The van der Waals surface area contributed by atoms with Gasteiger partial charge in [-0.3, -0.25) is 4.79 Å². The summed E-state index contributed by atoms with van der Waals surface area (Å²) in [5, 5.41) is 16.4. The first-order chi connectivity index (χ1) is 8.00. The Morgan fingerprint density at radius 3 is 2.71 bits per heavy atom. The first-order valence-electron chi connectivity index (χ1n) is 5.20. The van der Waals surface area contributed by atoms with Crippen molar-refractivity contribution in [3.63, 3.8) is 0 Å². The third-order valence-electron chi connectivity index (χ3n) is 2.74. The van der Waals surface area contributed by atoms with Crippen molar-refractivity contribution in [1.82, 2.24) is 15.0 Å². The van der Waals surface area contributed by atoms with Crippen LogP contribution < -0.4 is 5.73 Å². The van der Waals surface area contributed by atoms with E-state index < -0.39 is 29.8 Å². The van der Waals surface area contributed by atoms with Gasteiger partial charge in [-0.15, -0.1) is 5.10 Å². The first kappa shape index (κ1) is 11.9. The molecule has 0 saturated heterocycles. The highest BCUT2D eigenvalue weighted by Gasteiger charge is 2.32. The molecule has 1 aromatic heterocycles. The molecule has 1 aliphatic rings. The number of nitrogens with two attached hydrogens (primary N) is 1. The zero-order valence-electron chi connectivity index (χ0n) is 8.88. The number of aromatic nitrogens is 3. The summed E-state index contributed by atoms with van der Waals surface area (Å²) < 4.78 is 26.4. The highest BCUT2D eigenvalue weighted by molar-refractivity contribution is 5.91. The molecule has 1 unspecified atom stereocenters. The van der Waals surface area contributed by atoms with Crippen LogP contribution in [0.4, 0.5) is 8.78 Å². The van der Waals surface area contributed by atoms with Crippen molar-refractivity contribution in [1.29, 1.82) is 0 Å². The molecular weight excluding hydrogens is 234 g/mol. The molecular formula is C9H12F2N4O2. The van der Waals surface area contributed by atoms with Gasteiger partial charge in [-0.25, -0.2) is 13.5 Å². The van der Waals surface area contributed by atoms with Crippen molar-refractivity contribution in [2.75, 3.05) is 0 Å². The van der Waals surface area contributed by atoms with Gasteiger partial charge in [0.1, 0.15) is 5.69 Å². The highest BCUT2D eigenvalue weighted by Crippen LogP contribution is 2.33. The summed E-state index contributed by atoms with van der Waals surface area (Å²) in [6.07, 6.45) is -1.89. The zero-order chi connectivity index (χ0) is 12.6. The molecule has 1 aromatic rings. The Morgan fingerprint density at radius 1 is 1.59 bits per heavy atom. The average Bonchev–Trinajstić information content (AvgIpc) is 2.99. The molecule has 6 nitrogen and oxygen atoms in total. The van der Waals surface area contributed by atoms with Gasteiger partial charge in [0, 0.05) is 0 Å². The maximum absolute atomic E-state index is 12.8. The van der Waals surface area contributed by atoms with Crippen LogP contribution >= 0.6 is 0 Å². The predicted octanol–water partition coefficient (Wildman–Crippen LogP) is 0.0855. The summed E-state index contributed by atoms with van der Waals surface area (Å²) in [6.45, 7) is -0.0926. The summed E-state index contributed by atoms with van der Waals surface area (Å²) in [5.41, 5.74) is 3.75. The van der Waals surface area contributed by atoms with Gasteiger partial charge >= 0.3 is 0 Å². The van der Waals surface area contributed by atoms with E-state index in [2.05, 4.69) is 10.3 Å². The van der Waals surface area contributed by atoms with E-state index in [1.165, 1.54) is 0 Å². The van der Waals surface area contributed by atoms with Gasteiger partial charge in [-0.2, -0.15) is 0 Å². The minimum absolute atomic E-state index is 0.0926. The Labute approximate surface area is 95.4 Å². The number of aliphatic hydroxyl groups is 1. The lowest BCUT2D eigenvalue weighted by Gasteiger charge is -2.11. The molecule has 1 atom stereocenters. The van der Waals surface area contributed by atoms with E-state index in [-0.39, 0.29) is 12.5 Å². The summed E-state index contributed by atoms with van der Waals surface area (Å²) >= 11 is 0. The number of hydrogen-bond donors (Lipinski definition) is 2. The molecule has 0 aliphatic heterocycles. The van der Waals surface area contributed by atoms with Crippen molar-refractivity contribution in [2.45, 2.75) is 31.9 Å². The van der Waals surface area contributed by atoms with Crippen LogP contribution in [0.2, 0.25) is 0 Å². The molecule has 1 fully saturated rings. The van der Waals surface area contributed by atoms with E-state index >= 15 is 0 Å². The standard InChI is InChI=1S/C9H12F2N4O2/c10-8(11)7-6(9(12)17)13-14-15(7)3-5(16)4-1-2-4/h4-5,8,16H,1-3H2,(H2,12,17). The second kappa shape index (κ2) is 4.36. The first-order valence-corrected chi connectivity index (χ1v) is 5.20. The molecule has 0 bridgehead atoms. The summed E-state index contributed by atoms with van der Waals surface area (Å²) in [7, 11) is 0. The molecule has 0 spiro atoms. The third-order valence-corrected chi connectivity index (χ3v) is 2.74. The minimum Gasteiger partial charge on any atom is -0.391 e. The van der Waals surface area contributed by atoms with Crippen LogP contribution in [0.15, 0.2) is 0 Å². The Balaban J connectivity index is 2.23. The molecule has 3 N–H and O–H groups in total. The van der Waals surface area contributed by atoms with Gasteiger partial charge in [-0.1, -0.05) is 5.21 Å². The topological polar surface area (TPSA) is 94.0 Å². The van der Waals surface area contributed by atoms with Crippen molar-refractivity contribution in [3.8, 4) is 0 Å². The van der Waals surface area contributed by atoms with Gasteiger partial charge in [0.15, 0.2) is 5.69 Å². The third kappa shape index (κ3) is 2.41. The number of nitrogens with zero attached hydrogens (tertiary/aromatic N) is 3. The predicted molar refractivity (Wildman–Crippen MR) is 52.2 cm³/mol. The van der Waals surface area contributed by atoms with E-state index in [0.29, 0.717) is 0 Å². The number of primary amides is 1. The van der Waals surface area contributed by atoms with E-state index in [9.17, 15) is 18.7 Å². The maximum Gasteiger partial charge on any atom is 0.282 e. The Morgan fingerprint density at radius 2 is 2.24 bits per heavy atom. The Bertz CT molecular complexity index is 431. The van der Waals surface area contributed by atoms with E-state index in [1.807, 2.05) is 0 Å². The molecule has 0 radical (unpaired) electrons. The number of halogens is 2. The van der Waals surface area contributed by atoms with Crippen LogP contribution in [0, 0.1) is 5.92 Å². The van der Waals surface area contributed by atoms with Crippen LogP contribution in [-0.4, -0.2) is 32.1 Å². The lowest BCUT2D eigenvalue weighted by molar-refractivity contribution is 0.0957. The normalized spacial score (nSPS) is 17.4. The SMILES string of the molecule is NC(=O)c1nnn(CC(O)C2CC2)c1C(F)F. The molecule has 17 heavy (non-hydrogen) atoms. The molecule has 1 saturated carbocycles. The molecule has 0 aromatic carbocycles. The van der Waals surface area contributed by atoms with Crippen LogP contribution in [0.1, 0.15) is 35.4 Å². The van der Waals surface area contributed by atoms with E-state index in [4.69, 9.17) is 5.73 Å². The van der Waals surface area contributed by atoms with Gasteiger partial charge in [0.25, 0.3) is 12.3 Å². The number of alkyl halides is 2. The molecule has 2 rings (SSSR count). The van der Waals surface area contributed by atoms with Crippen LogP contribution in [0.5, 0.6) is 0 Å². The molecule has 94 valence electrons. The number of carbonyl (C=O) groups is 1. The quantitative estimate of drug-likeness (QED) is 0.769. The molecule has 1 heterocycles. The fraction of sp³-hybridized carbons (Fsp3) is 0.667. The zero-order valence-corrected chi connectivity index (χ0v) is 8.88. The summed E-state index contributed by atoms with van der Waals surface area (Å²) in [6, 6.07) is 0. The fourth-order valence-corrected chi connectivity index (χ4v) is 1.65. The number of aliphatic hydroxyl groups excluding tert-OH is 1. The van der Waals surface area contributed by atoms with Crippen molar-refractivity contribution >= 4 is 5.91 Å². The van der Waals surface area contributed by atoms with Gasteiger partial charge in [0.2, 0.25) is 0 Å². The van der Waals surface area contributed by atoms with Gasteiger partial charge < -0.3 is 10.8 Å². The van der Waals surface area contributed by atoms with Gasteiger partial charge in [0.05, 0.1) is 12.6 Å².